The summed E-state index contributed by atoms with van der Waals surface area (Å²) in [4.78, 5) is 15.9. The van der Waals surface area contributed by atoms with E-state index in [2.05, 4.69) is 63.4 Å². The van der Waals surface area contributed by atoms with Crippen molar-refractivity contribution in [1.82, 2.24) is 4.90 Å². The van der Waals surface area contributed by atoms with Gasteiger partial charge in [0.15, 0.2) is 0 Å². The van der Waals surface area contributed by atoms with Gasteiger partial charge in [-0.3, -0.25) is 0 Å². The summed E-state index contributed by atoms with van der Waals surface area (Å²) < 4.78 is 17.3. The fourth-order valence-electron chi connectivity index (χ4n) is 3.19. The Balaban J connectivity index is 1.58. The molecule has 2 fully saturated rings. The molecule has 2 saturated heterocycles. The number of nitrogens with zero attached hydrogens (tertiary/aromatic N) is 2. The second-order valence-electron chi connectivity index (χ2n) is 8.02. The van der Waals surface area contributed by atoms with Crippen molar-refractivity contribution >= 4 is 24.4 Å². The molecule has 2 aliphatic rings. The van der Waals surface area contributed by atoms with Gasteiger partial charge >= 0.3 is 13.2 Å². The standard InChI is InChI=1S/C20H29BN2O4/c1-6-15-25-18(24)23-13-11-22(12-14-23)17-9-7-16(8-10-17)21-26-19(2,3)20(4,5)27-21/h6-10H,1,11-15H2,2-5H3. The van der Waals surface area contributed by atoms with Gasteiger partial charge in [-0.2, -0.15) is 0 Å². The highest BCUT2D eigenvalue weighted by molar-refractivity contribution is 6.62. The van der Waals surface area contributed by atoms with Crippen LogP contribution in [0.25, 0.3) is 0 Å². The monoisotopic (exact) mass is 372 g/mol. The molecule has 2 heterocycles. The van der Waals surface area contributed by atoms with Gasteiger partial charge in [-0.1, -0.05) is 24.8 Å². The van der Waals surface area contributed by atoms with E-state index in [0.29, 0.717) is 13.1 Å². The molecule has 0 saturated carbocycles. The summed E-state index contributed by atoms with van der Waals surface area (Å²) in [7, 11) is -0.347. The van der Waals surface area contributed by atoms with Crippen molar-refractivity contribution in [1.29, 1.82) is 0 Å². The molecule has 146 valence electrons. The van der Waals surface area contributed by atoms with E-state index in [1.165, 1.54) is 0 Å². The van der Waals surface area contributed by atoms with Crippen LogP contribution in [0.3, 0.4) is 0 Å². The largest absolute Gasteiger partial charge is 0.494 e. The maximum atomic E-state index is 11.9. The Kier molecular flexibility index (Phi) is 5.54. The van der Waals surface area contributed by atoms with Gasteiger partial charge in [0, 0.05) is 31.9 Å². The fourth-order valence-corrected chi connectivity index (χ4v) is 3.19. The Morgan fingerprint density at radius 1 is 1.11 bits per heavy atom. The Labute approximate surface area is 162 Å². The minimum atomic E-state index is -0.347. The summed E-state index contributed by atoms with van der Waals surface area (Å²) in [6, 6.07) is 8.29. The quantitative estimate of drug-likeness (QED) is 0.600. The third-order valence-electron chi connectivity index (χ3n) is 5.65. The Morgan fingerprint density at radius 3 is 2.19 bits per heavy atom. The summed E-state index contributed by atoms with van der Waals surface area (Å²) in [5.41, 5.74) is 1.47. The lowest BCUT2D eigenvalue weighted by atomic mass is 9.79. The predicted molar refractivity (Wildman–Crippen MR) is 107 cm³/mol. The van der Waals surface area contributed by atoms with Crippen molar-refractivity contribution in [3.8, 4) is 0 Å². The van der Waals surface area contributed by atoms with Crippen molar-refractivity contribution in [2.45, 2.75) is 38.9 Å². The topological polar surface area (TPSA) is 51.2 Å². The van der Waals surface area contributed by atoms with E-state index in [-0.39, 0.29) is 31.0 Å². The van der Waals surface area contributed by atoms with Crippen molar-refractivity contribution in [3.63, 3.8) is 0 Å². The van der Waals surface area contributed by atoms with Gasteiger partial charge in [0.2, 0.25) is 0 Å². The maximum absolute atomic E-state index is 11.9. The van der Waals surface area contributed by atoms with E-state index < -0.39 is 0 Å². The van der Waals surface area contributed by atoms with Crippen LogP contribution in [-0.4, -0.2) is 62.1 Å². The smallest absolute Gasteiger partial charge is 0.445 e. The normalized spacial score (nSPS) is 21.3. The fraction of sp³-hybridized carbons (Fsp3) is 0.550. The van der Waals surface area contributed by atoms with Gasteiger partial charge in [-0.15, -0.1) is 0 Å². The molecule has 1 aromatic rings. The van der Waals surface area contributed by atoms with E-state index >= 15 is 0 Å². The Morgan fingerprint density at radius 2 is 1.67 bits per heavy atom. The number of carbonyl (C=O) groups is 1. The molecule has 27 heavy (non-hydrogen) atoms. The van der Waals surface area contributed by atoms with E-state index in [1.54, 1.807) is 11.0 Å². The zero-order valence-electron chi connectivity index (χ0n) is 16.7. The third-order valence-corrected chi connectivity index (χ3v) is 5.65. The average Bonchev–Trinajstić information content (AvgIpc) is 2.87. The van der Waals surface area contributed by atoms with Crippen LogP contribution < -0.4 is 10.4 Å². The van der Waals surface area contributed by atoms with Crippen LogP contribution in [0.1, 0.15) is 27.7 Å². The van der Waals surface area contributed by atoms with Crippen molar-refractivity contribution < 1.29 is 18.8 Å². The highest BCUT2D eigenvalue weighted by atomic mass is 16.7. The number of carbonyl (C=O) groups excluding carboxylic acids is 1. The molecule has 0 N–H and O–H groups in total. The molecular weight excluding hydrogens is 343 g/mol. The van der Waals surface area contributed by atoms with Gasteiger partial charge in [-0.25, -0.2) is 4.79 Å². The first-order chi connectivity index (χ1) is 12.7. The van der Waals surface area contributed by atoms with Gasteiger partial charge in [0.05, 0.1) is 11.2 Å². The predicted octanol–water partition coefficient (Wildman–Crippen LogP) is 2.43. The minimum Gasteiger partial charge on any atom is -0.445 e. The average molecular weight is 372 g/mol. The lowest BCUT2D eigenvalue weighted by molar-refractivity contribution is 0.00578. The molecule has 0 unspecified atom stereocenters. The van der Waals surface area contributed by atoms with Gasteiger partial charge in [0.25, 0.3) is 0 Å². The second-order valence-corrected chi connectivity index (χ2v) is 8.02. The number of anilines is 1. The lowest BCUT2D eigenvalue weighted by Gasteiger charge is -2.35. The highest BCUT2D eigenvalue weighted by Crippen LogP contribution is 2.36. The molecule has 0 radical (unpaired) electrons. The third kappa shape index (κ3) is 4.14. The number of piperazine rings is 1. The summed E-state index contributed by atoms with van der Waals surface area (Å²) >= 11 is 0. The van der Waals surface area contributed by atoms with Gasteiger partial charge < -0.3 is 23.8 Å². The molecule has 0 atom stereocenters. The molecule has 7 heteroatoms. The van der Waals surface area contributed by atoms with Crippen molar-refractivity contribution in [2.24, 2.45) is 0 Å². The molecule has 2 aliphatic heterocycles. The van der Waals surface area contributed by atoms with Crippen LogP contribution in [0, 0.1) is 0 Å². The zero-order chi connectivity index (χ0) is 19.7. The first kappa shape index (κ1) is 19.8. The van der Waals surface area contributed by atoms with E-state index in [9.17, 15) is 4.79 Å². The SMILES string of the molecule is C=CCOC(=O)N1CCN(c2ccc(B3OC(C)(C)C(C)(C)O3)cc2)CC1. The number of ether oxygens (including phenoxy) is 1. The molecule has 0 aliphatic carbocycles. The summed E-state index contributed by atoms with van der Waals surface area (Å²) in [6.07, 6.45) is 1.31. The van der Waals surface area contributed by atoms with Crippen LogP contribution in [0.5, 0.6) is 0 Å². The second kappa shape index (κ2) is 7.56. The van der Waals surface area contributed by atoms with Crippen LogP contribution in [-0.2, 0) is 14.0 Å². The molecule has 6 nitrogen and oxygen atoms in total. The number of hydrogen-bond donors (Lipinski definition) is 0. The van der Waals surface area contributed by atoms with Crippen LogP contribution in [0.4, 0.5) is 10.5 Å². The van der Waals surface area contributed by atoms with Crippen molar-refractivity contribution in [2.75, 3.05) is 37.7 Å². The first-order valence-corrected chi connectivity index (χ1v) is 9.47. The van der Waals surface area contributed by atoms with Crippen LogP contribution in [0.15, 0.2) is 36.9 Å². The molecule has 3 rings (SSSR count). The molecule has 1 aromatic carbocycles. The number of rotatable bonds is 4. The van der Waals surface area contributed by atoms with Crippen LogP contribution >= 0.6 is 0 Å². The zero-order valence-corrected chi connectivity index (χ0v) is 16.7. The van der Waals surface area contributed by atoms with Gasteiger partial charge in [-0.05, 0) is 45.3 Å². The van der Waals surface area contributed by atoms with E-state index in [1.807, 2.05) is 0 Å². The van der Waals surface area contributed by atoms with Gasteiger partial charge in [0.1, 0.15) is 6.61 Å². The summed E-state index contributed by atoms with van der Waals surface area (Å²) in [6.45, 7) is 14.9. The van der Waals surface area contributed by atoms with E-state index in [4.69, 9.17) is 14.0 Å². The molecule has 0 bridgehead atoms. The lowest BCUT2D eigenvalue weighted by Crippen LogP contribution is -2.49. The molecule has 0 spiro atoms. The first-order valence-electron chi connectivity index (χ1n) is 9.47. The number of amides is 1. The van der Waals surface area contributed by atoms with Crippen LogP contribution in [0.2, 0.25) is 0 Å². The Bertz CT molecular complexity index is 666. The maximum Gasteiger partial charge on any atom is 0.494 e. The minimum absolute atomic E-state index is 0.249. The number of benzene rings is 1. The molecular formula is C20H29BN2O4. The Hall–Kier alpha value is -1.99. The number of hydrogen-bond acceptors (Lipinski definition) is 5. The molecule has 0 aromatic heterocycles. The highest BCUT2D eigenvalue weighted by Gasteiger charge is 2.51. The summed E-state index contributed by atoms with van der Waals surface area (Å²) in [5.74, 6) is 0. The van der Waals surface area contributed by atoms with Crippen molar-refractivity contribution in [3.05, 3.63) is 36.9 Å². The molecule has 1 amide bonds. The summed E-state index contributed by atoms with van der Waals surface area (Å²) in [5, 5.41) is 0. The van der Waals surface area contributed by atoms with E-state index in [0.717, 1.165) is 24.2 Å².